The third-order valence-corrected chi connectivity index (χ3v) is 5.63. The van der Waals surface area contributed by atoms with Gasteiger partial charge >= 0.3 is 12.2 Å². The van der Waals surface area contributed by atoms with Crippen LogP contribution in [0, 0.1) is 10.1 Å². The number of nitrogens with one attached hydrogen (secondary N) is 3. The zero-order valence-electron chi connectivity index (χ0n) is 16.5. The number of nitrogens with zero attached hydrogens (tertiary/aromatic N) is 1. The Labute approximate surface area is 185 Å². The highest BCUT2D eigenvalue weighted by molar-refractivity contribution is 7.92. The van der Waals surface area contributed by atoms with Crippen molar-refractivity contribution in [1.82, 2.24) is 0 Å². The Bertz CT molecular complexity index is 1280. The second-order valence-electron chi connectivity index (χ2n) is 6.56. The van der Waals surface area contributed by atoms with Crippen molar-refractivity contribution in [2.45, 2.75) is 11.1 Å². The van der Waals surface area contributed by atoms with E-state index in [9.17, 15) is 36.5 Å². The number of nitro benzene ring substituents is 1. The molecule has 0 saturated heterocycles. The van der Waals surface area contributed by atoms with E-state index in [1.807, 2.05) is 0 Å². The molecule has 3 aromatic rings. The summed E-state index contributed by atoms with van der Waals surface area (Å²) in [4.78, 5) is 22.1. The standard InChI is InChI=1S/C20H15F3N4O5S/c21-20(22,23)13-5-11-16(12-6-13)33(31,32)26-15-9-7-14(8-10-15)24-19(28)25-17-3-1-2-4-18(17)27(29)30/h1-12,26H,(H2,24,25,28). The lowest BCUT2D eigenvalue weighted by atomic mass is 10.2. The Morgan fingerprint density at radius 3 is 2.00 bits per heavy atom. The number of amides is 2. The van der Waals surface area contributed by atoms with Crippen molar-refractivity contribution >= 4 is 38.8 Å². The summed E-state index contributed by atoms with van der Waals surface area (Å²) in [6, 6.07) is 13.2. The molecule has 172 valence electrons. The topological polar surface area (TPSA) is 130 Å². The van der Waals surface area contributed by atoms with Crippen LogP contribution in [0.2, 0.25) is 0 Å². The number of rotatable bonds is 6. The van der Waals surface area contributed by atoms with Crippen LogP contribution in [0.25, 0.3) is 0 Å². The Morgan fingerprint density at radius 2 is 1.42 bits per heavy atom. The maximum atomic E-state index is 12.6. The van der Waals surface area contributed by atoms with Crippen molar-refractivity contribution in [3.63, 3.8) is 0 Å². The number of nitro groups is 1. The summed E-state index contributed by atoms with van der Waals surface area (Å²) in [6.45, 7) is 0. The van der Waals surface area contributed by atoms with Gasteiger partial charge in [0.2, 0.25) is 0 Å². The molecule has 0 spiro atoms. The van der Waals surface area contributed by atoms with Gasteiger partial charge in [0.05, 0.1) is 15.4 Å². The number of benzene rings is 3. The molecule has 0 aliphatic rings. The van der Waals surface area contributed by atoms with E-state index in [4.69, 9.17) is 0 Å². The summed E-state index contributed by atoms with van der Waals surface area (Å²) in [7, 11) is -4.15. The number of carbonyl (C=O) groups excluding carboxylic acids is 1. The van der Waals surface area contributed by atoms with Gasteiger partial charge in [0.25, 0.3) is 15.7 Å². The summed E-state index contributed by atoms with van der Waals surface area (Å²) in [6.07, 6.45) is -4.59. The number of anilines is 3. The van der Waals surface area contributed by atoms with E-state index in [0.717, 1.165) is 12.1 Å². The van der Waals surface area contributed by atoms with E-state index >= 15 is 0 Å². The molecule has 3 aromatic carbocycles. The van der Waals surface area contributed by atoms with Crippen molar-refractivity contribution in [1.29, 1.82) is 0 Å². The smallest absolute Gasteiger partial charge is 0.308 e. The molecule has 3 N–H and O–H groups in total. The highest BCUT2D eigenvalue weighted by Crippen LogP contribution is 2.30. The second-order valence-corrected chi connectivity index (χ2v) is 8.24. The Kier molecular flexibility index (Phi) is 6.53. The van der Waals surface area contributed by atoms with E-state index < -0.39 is 32.7 Å². The first-order chi connectivity index (χ1) is 15.5. The number of hydrogen-bond donors (Lipinski definition) is 3. The van der Waals surface area contributed by atoms with Crippen LogP contribution in [-0.4, -0.2) is 19.4 Å². The van der Waals surface area contributed by atoms with Gasteiger partial charge in [-0.2, -0.15) is 13.2 Å². The molecule has 0 aliphatic carbocycles. The molecule has 0 atom stereocenters. The first-order valence-electron chi connectivity index (χ1n) is 9.07. The van der Waals surface area contributed by atoms with Crippen LogP contribution >= 0.6 is 0 Å². The fourth-order valence-electron chi connectivity index (χ4n) is 2.68. The molecule has 9 nitrogen and oxygen atoms in total. The van der Waals surface area contributed by atoms with E-state index in [1.54, 1.807) is 0 Å². The lowest BCUT2D eigenvalue weighted by molar-refractivity contribution is -0.383. The summed E-state index contributed by atoms with van der Waals surface area (Å²) in [5.74, 6) is 0. The van der Waals surface area contributed by atoms with Crippen LogP contribution in [0.15, 0.2) is 77.7 Å². The van der Waals surface area contributed by atoms with E-state index in [-0.39, 0.29) is 27.6 Å². The molecule has 33 heavy (non-hydrogen) atoms. The zero-order valence-corrected chi connectivity index (χ0v) is 17.3. The van der Waals surface area contributed by atoms with E-state index in [2.05, 4.69) is 15.4 Å². The number of carbonyl (C=O) groups is 1. The molecule has 0 saturated carbocycles. The van der Waals surface area contributed by atoms with Crippen LogP contribution in [0.4, 0.5) is 40.7 Å². The quantitative estimate of drug-likeness (QED) is 0.335. The maximum absolute atomic E-state index is 12.6. The van der Waals surface area contributed by atoms with Crippen molar-refractivity contribution in [3.05, 3.63) is 88.5 Å². The number of urea groups is 1. The van der Waals surface area contributed by atoms with Gasteiger partial charge in [-0.15, -0.1) is 0 Å². The fourth-order valence-corrected chi connectivity index (χ4v) is 3.74. The molecular weight excluding hydrogens is 465 g/mol. The predicted octanol–water partition coefficient (Wildman–Crippen LogP) is 5.06. The van der Waals surface area contributed by atoms with Gasteiger partial charge in [-0.25, -0.2) is 13.2 Å². The molecule has 0 aromatic heterocycles. The van der Waals surface area contributed by atoms with Crippen molar-refractivity contribution < 1.29 is 31.3 Å². The first kappa shape index (κ1) is 23.5. The normalized spacial score (nSPS) is 11.5. The number of hydrogen-bond acceptors (Lipinski definition) is 5. The van der Waals surface area contributed by atoms with Gasteiger partial charge in [0, 0.05) is 17.4 Å². The third-order valence-electron chi connectivity index (χ3n) is 4.24. The Balaban J connectivity index is 1.65. The van der Waals surface area contributed by atoms with Crippen molar-refractivity contribution in [3.8, 4) is 0 Å². The van der Waals surface area contributed by atoms with Gasteiger partial charge in [-0.05, 0) is 54.6 Å². The highest BCUT2D eigenvalue weighted by Gasteiger charge is 2.30. The summed E-state index contributed by atoms with van der Waals surface area (Å²) >= 11 is 0. The minimum Gasteiger partial charge on any atom is -0.308 e. The van der Waals surface area contributed by atoms with Crippen LogP contribution in [0.3, 0.4) is 0 Å². The van der Waals surface area contributed by atoms with Crippen LogP contribution in [0.1, 0.15) is 5.56 Å². The molecule has 0 aliphatic heterocycles. The second kappa shape index (κ2) is 9.16. The largest absolute Gasteiger partial charge is 0.416 e. The molecule has 3 rings (SSSR count). The summed E-state index contributed by atoms with van der Waals surface area (Å²) in [5.41, 5.74) is -0.930. The highest BCUT2D eigenvalue weighted by atomic mass is 32.2. The Morgan fingerprint density at radius 1 is 0.848 bits per heavy atom. The predicted molar refractivity (Wildman–Crippen MR) is 114 cm³/mol. The number of para-hydroxylation sites is 2. The number of halogens is 3. The molecule has 2 amide bonds. The van der Waals surface area contributed by atoms with Crippen molar-refractivity contribution in [2.24, 2.45) is 0 Å². The lowest BCUT2D eigenvalue weighted by Gasteiger charge is -2.11. The van der Waals surface area contributed by atoms with Crippen molar-refractivity contribution in [2.75, 3.05) is 15.4 Å². The summed E-state index contributed by atoms with van der Waals surface area (Å²) < 4.78 is 64.9. The van der Waals surface area contributed by atoms with Crippen LogP contribution < -0.4 is 15.4 Å². The third kappa shape index (κ3) is 5.98. The first-order valence-corrected chi connectivity index (χ1v) is 10.6. The average molecular weight is 480 g/mol. The van der Waals surface area contributed by atoms with Crippen LogP contribution in [0.5, 0.6) is 0 Å². The van der Waals surface area contributed by atoms with Gasteiger partial charge in [-0.1, -0.05) is 12.1 Å². The van der Waals surface area contributed by atoms with Gasteiger partial charge in [0.1, 0.15) is 5.69 Å². The molecule has 0 radical (unpaired) electrons. The maximum Gasteiger partial charge on any atom is 0.416 e. The van der Waals surface area contributed by atoms with Crippen LogP contribution in [-0.2, 0) is 16.2 Å². The molecular formula is C20H15F3N4O5S. The molecule has 0 fully saturated rings. The lowest BCUT2D eigenvalue weighted by Crippen LogP contribution is -2.20. The molecule has 0 unspecified atom stereocenters. The van der Waals surface area contributed by atoms with E-state index in [1.165, 1.54) is 48.5 Å². The minimum atomic E-state index is -4.59. The monoisotopic (exact) mass is 480 g/mol. The zero-order chi connectivity index (χ0) is 24.2. The molecule has 0 heterocycles. The SMILES string of the molecule is O=C(Nc1ccc(NS(=O)(=O)c2ccc(C(F)(F)F)cc2)cc1)Nc1ccccc1[N+](=O)[O-]. The van der Waals surface area contributed by atoms with E-state index in [0.29, 0.717) is 12.1 Å². The number of alkyl halides is 3. The van der Waals surface area contributed by atoms with Gasteiger partial charge < -0.3 is 10.6 Å². The summed E-state index contributed by atoms with van der Waals surface area (Å²) in [5, 5.41) is 15.8. The number of sulfonamides is 1. The molecule has 13 heteroatoms. The van der Waals surface area contributed by atoms with Gasteiger partial charge in [-0.3, -0.25) is 14.8 Å². The van der Waals surface area contributed by atoms with Gasteiger partial charge in [0.15, 0.2) is 0 Å². The minimum absolute atomic E-state index is 0.0130. The fraction of sp³-hybridized carbons (Fsp3) is 0.0500. The average Bonchev–Trinajstić information content (AvgIpc) is 2.74. The molecule has 0 bridgehead atoms. The Hall–Kier alpha value is -4.13.